The summed E-state index contributed by atoms with van der Waals surface area (Å²) in [6, 6.07) is 27.6. The second-order valence-electron chi connectivity index (χ2n) is 7.82. The van der Waals surface area contributed by atoms with Gasteiger partial charge in [0.15, 0.2) is 0 Å². The van der Waals surface area contributed by atoms with Gasteiger partial charge in [0.1, 0.15) is 30.5 Å². The summed E-state index contributed by atoms with van der Waals surface area (Å²) in [7, 11) is 0. The molecular formula is C37H50O7. The average molecular weight is 607 g/mol. The first-order chi connectivity index (χ1) is 21.3. The van der Waals surface area contributed by atoms with Crippen LogP contribution in [0, 0.1) is 6.92 Å². The quantitative estimate of drug-likeness (QED) is 0.198. The topological polar surface area (TPSA) is 113 Å². The van der Waals surface area contributed by atoms with E-state index in [1.165, 1.54) is 18.2 Å². The first kappa shape index (κ1) is 41.4. The number of carbonyl (C=O) groups is 2. The Bertz CT molecular complexity index is 1320. The lowest BCUT2D eigenvalue weighted by Crippen LogP contribution is -2.05. The van der Waals surface area contributed by atoms with Gasteiger partial charge in [0, 0.05) is 17.2 Å². The summed E-state index contributed by atoms with van der Waals surface area (Å²) in [4.78, 5) is 21.8. The Hall–Kier alpha value is -4.78. The zero-order valence-electron chi connectivity index (χ0n) is 27.6. The van der Waals surface area contributed by atoms with E-state index in [1.807, 2.05) is 92.6 Å². The van der Waals surface area contributed by atoms with Crippen molar-refractivity contribution >= 4 is 11.9 Å². The lowest BCUT2D eigenvalue weighted by atomic mass is 10.1. The van der Waals surface area contributed by atoms with Crippen LogP contribution in [-0.4, -0.2) is 27.3 Å². The molecule has 0 unspecified atom stereocenters. The van der Waals surface area contributed by atoms with Crippen molar-refractivity contribution in [2.24, 2.45) is 0 Å². The number of phenolic OH excluding ortho intramolecular Hbond substituents is 2. The lowest BCUT2D eigenvalue weighted by Gasteiger charge is -2.08. The van der Waals surface area contributed by atoms with E-state index in [0.717, 1.165) is 11.1 Å². The number of esters is 1. The van der Waals surface area contributed by atoms with Gasteiger partial charge in [-0.25, -0.2) is 9.59 Å². The highest BCUT2D eigenvalue weighted by Crippen LogP contribution is 2.20. The Morgan fingerprint density at radius 2 is 1.27 bits per heavy atom. The number of carboxylic acid groups (broad SMARTS) is 1. The Morgan fingerprint density at radius 3 is 1.80 bits per heavy atom. The highest BCUT2D eigenvalue weighted by atomic mass is 16.5. The van der Waals surface area contributed by atoms with Crippen LogP contribution in [0.1, 0.15) is 92.8 Å². The minimum Gasteiger partial charge on any atom is -0.508 e. The molecule has 1 aliphatic rings. The standard InChI is InChI=1S/C14H12O4.C8H6O2.C7H8O.4C2H6/c15-11-5-3-6-12(8-11)18-9-10-4-1-2-7-13(10)14(16)17;9-8-7-4-2-1-3-6(7)5-10-8;1-6-3-2-4-7(8)5-6;4*1-2/h1-8,15H,9H2,(H,16,17);1-4H,5H2;2-5,8H,1H3;4*1-2H3. The van der Waals surface area contributed by atoms with E-state index in [4.69, 9.17) is 19.7 Å². The molecule has 5 rings (SSSR count). The van der Waals surface area contributed by atoms with Crippen LogP contribution < -0.4 is 4.74 Å². The number of hydrogen-bond donors (Lipinski definition) is 3. The molecule has 0 saturated carbocycles. The van der Waals surface area contributed by atoms with Crippen molar-refractivity contribution in [2.45, 2.75) is 75.5 Å². The van der Waals surface area contributed by atoms with Crippen LogP contribution in [0.3, 0.4) is 0 Å². The molecule has 4 aromatic carbocycles. The Balaban J connectivity index is 0. The third-order valence-electron chi connectivity index (χ3n) is 5.06. The predicted octanol–water partition coefficient (Wildman–Crippen LogP) is 9.83. The van der Waals surface area contributed by atoms with Crippen molar-refractivity contribution in [1.29, 1.82) is 0 Å². The van der Waals surface area contributed by atoms with Gasteiger partial charge in [-0.05, 0) is 48.9 Å². The number of benzene rings is 4. The number of carbonyl (C=O) groups excluding carboxylic acids is 1. The SMILES string of the molecule is CC.CC.CC.CC.Cc1cccc(O)c1.O=C(O)c1ccccc1COc1cccc(O)c1.O=C1OCc2ccccc21. The maximum atomic E-state index is 11.0. The van der Waals surface area contributed by atoms with Crippen LogP contribution in [0.2, 0.25) is 0 Å². The lowest BCUT2D eigenvalue weighted by molar-refractivity contribution is 0.0534. The highest BCUT2D eigenvalue weighted by molar-refractivity contribution is 5.93. The maximum absolute atomic E-state index is 11.0. The summed E-state index contributed by atoms with van der Waals surface area (Å²) < 4.78 is 10.2. The monoisotopic (exact) mass is 606 g/mol. The van der Waals surface area contributed by atoms with Crippen molar-refractivity contribution in [3.63, 3.8) is 0 Å². The summed E-state index contributed by atoms with van der Waals surface area (Å²) >= 11 is 0. The van der Waals surface area contributed by atoms with Gasteiger partial charge in [0.2, 0.25) is 0 Å². The largest absolute Gasteiger partial charge is 0.508 e. The Morgan fingerprint density at radius 1 is 0.727 bits per heavy atom. The van der Waals surface area contributed by atoms with Gasteiger partial charge in [-0.3, -0.25) is 0 Å². The number of fused-ring (bicyclic) bond motifs is 1. The van der Waals surface area contributed by atoms with Gasteiger partial charge in [-0.15, -0.1) is 0 Å². The fourth-order valence-electron chi connectivity index (χ4n) is 3.28. The van der Waals surface area contributed by atoms with Crippen LogP contribution in [-0.2, 0) is 18.0 Å². The minimum absolute atomic E-state index is 0.110. The molecule has 1 aliphatic heterocycles. The molecule has 0 spiro atoms. The molecule has 1 heterocycles. The van der Waals surface area contributed by atoms with E-state index in [1.54, 1.807) is 48.5 Å². The molecule has 0 bridgehead atoms. The molecule has 0 amide bonds. The number of aromatic carboxylic acids is 1. The van der Waals surface area contributed by atoms with E-state index in [0.29, 0.717) is 29.2 Å². The van der Waals surface area contributed by atoms with Gasteiger partial charge in [0.25, 0.3) is 0 Å². The normalized spacial score (nSPS) is 9.61. The van der Waals surface area contributed by atoms with Gasteiger partial charge in [-0.2, -0.15) is 0 Å². The fourth-order valence-corrected chi connectivity index (χ4v) is 3.28. The number of aryl methyl sites for hydroxylation is 1. The van der Waals surface area contributed by atoms with Crippen molar-refractivity contribution < 1.29 is 34.4 Å². The van der Waals surface area contributed by atoms with E-state index in [9.17, 15) is 14.7 Å². The van der Waals surface area contributed by atoms with Gasteiger partial charge < -0.3 is 24.8 Å². The van der Waals surface area contributed by atoms with Crippen LogP contribution in [0.15, 0.2) is 97.1 Å². The summed E-state index contributed by atoms with van der Waals surface area (Å²) in [6.45, 7) is 18.5. The molecule has 7 nitrogen and oxygen atoms in total. The smallest absolute Gasteiger partial charge is 0.338 e. The molecule has 0 atom stereocenters. The molecule has 3 N–H and O–H groups in total. The number of cyclic esters (lactones) is 1. The summed E-state index contributed by atoms with van der Waals surface area (Å²) in [5.74, 6) is -0.236. The van der Waals surface area contributed by atoms with E-state index in [-0.39, 0.29) is 23.9 Å². The molecule has 0 aliphatic carbocycles. The number of carboxylic acids is 1. The van der Waals surface area contributed by atoms with Crippen molar-refractivity contribution in [3.8, 4) is 17.2 Å². The van der Waals surface area contributed by atoms with Crippen molar-refractivity contribution in [1.82, 2.24) is 0 Å². The second kappa shape index (κ2) is 25.9. The number of rotatable bonds is 4. The summed E-state index contributed by atoms with van der Waals surface area (Å²) in [5, 5.41) is 27.1. The molecule has 0 radical (unpaired) electrons. The van der Waals surface area contributed by atoms with Crippen LogP contribution in [0.4, 0.5) is 0 Å². The molecule has 44 heavy (non-hydrogen) atoms. The predicted molar refractivity (Wildman–Crippen MR) is 180 cm³/mol. The first-order valence-corrected chi connectivity index (χ1v) is 15.1. The Labute approximate surface area is 263 Å². The number of phenols is 2. The van der Waals surface area contributed by atoms with E-state index < -0.39 is 5.97 Å². The van der Waals surface area contributed by atoms with E-state index in [2.05, 4.69) is 0 Å². The van der Waals surface area contributed by atoms with Gasteiger partial charge >= 0.3 is 11.9 Å². The van der Waals surface area contributed by atoms with Gasteiger partial charge in [-0.1, -0.05) is 110 Å². The molecule has 0 fully saturated rings. The van der Waals surface area contributed by atoms with Gasteiger partial charge in [0.05, 0.1) is 11.1 Å². The molecule has 7 heteroatoms. The zero-order chi connectivity index (χ0) is 33.9. The zero-order valence-corrected chi connectivity index (χ0v) is 27.6. The molecule has 0 aromatic heterocycles. The molecule has 4 aromatic rings. The average Bonchev–Trinajstić information content (AvgIpc) is 3.45. The van der Waals surface area contributed by atoms with Crippen LogP contribution in [0.25, 0.3) is 0 Å². The first-order valence-electron chi connectivity index (χ1n) is 15.1. The Kier molecular flexibility index (Phi) is 24.3. The number of hydrogen-bond acceptors (Lipinski definition) is 6. The van der Waals surface area contributed by atoms with Crippen molar-refractivity contribution in [2.75, 3.05) is 0 Å². The van der Waals surface area contributed by atoms with Crippen molar-refractivity contribution in [3.05, 3.63) is 125 Å². The molecule has 0 saturated heterocycles. The minimum atomic E-state index is -0.981. The fraction of sp³-hybridized carbons (Fsp3) is 0.297. The highest BCUT2D eigenvalue weighted by Gasteiger charge is 2.19. The number of ether oxygens (including phenoxy) is 2. The van der Waals surface area contributed by atoms with E-state index >= 15 is 0 Å². The second-order valence-corrected chi connectivity index (χ2v) is 7.82. The summed E-state index contributed by atoms with van der Waals surface area (Å²) in [6.07, 6.45) is 0. The molecular weight excluding hydrogens is 556 g/mol. The third kappa shape index (κ3) is 16.0. The van der Waals surface area contributed by atoms with Crippen LogP contribution >= 0.6 is 0 Å². The third-order valence-corrected chi connectivity index (χ3v) is 5.06. The maximum Gasteiger partial charge on any atom is 0.338 e. The summed E-state index contributed by atoms with van der Waals surface area (Å²) in [5.41, 5.74) is 3.60. The number of aromatic hydroxyl groups is 2. The van der Waals surface area contributed by atoms with Crippen LogP contribution in [0.5, 0.6) is 17.2 Å². The molecule has 240 valence electrons.